The number of nitrogens with one attached hydrogen (secondary N) is 1. The number of carbonyl (C=O) groups excluding carboxylic acids is 1. The molecule has 8 heteroatoms. The quantitative estimate of drug-likeness (QED) is 0.624. The molecule has 3 aromatic rings. The van der Waals surface area contributed by atoms with E-state index in [4.69, 9.17) is 0 Å². The highest BCUT2D eigenvalue weighted by molar-refractivity contribution is 7.99. The lowest BCUT2D eigenvalue weighted by Gasteiger charge is -2.08. The molecule has 1 aromatic carbocycles. The molecule has 134 valence electrons. The van der Waals surface area contributed by atoms with Gasteiger partial charge >= 0.3 is 0 Å². The number of benzene rings is 1. The molecule has 1 amide bonds. The Labute approximate surface area is 160 Å². The molecule has 3 rings (SSSR count). The topological polar surface area (TPSA) is 72.7 Å². The van der Waals surface area contributed by atoms with Crippen molar-refractivity contribution in [2.75, 3.05) is 17.3 Å². The Morgan fingerprint density at radius 3 is 2.62 bits per heavy atom. The summed E-state index contributed by atoms with van der Waals surface area (Å²) in [6.45, 7) is 2.75. The number of para-hydroxylation sites is 1. The molecule has 6 nitrogen and oxygen atoms in total. The summed E-state index contributed by atoms with van der Waals surface area (Å²) in [5.74, 6) is 0.967. The second kappa shape index (κ2) is 8.86. The zero-order valence-electron chi connectivity index (χ0n) is 14.5. The van der Waals surface area contributed by atoms with Crippen molar-refractivity contribution in [2.24, 2.45) is 0 Å². The van der Waals surface area contributed by atoms with Gasteiger partial charge in [0.25, 0.3) is 0 Å². The molecule has 0 bridgehead atoms. The number of thioether (sulfide) groups is 2. The average Bonchev–Trinajstić information content (AvgIpc) is 3.10. The first-order valence-corrected chi connectivity index (χ1v) is 10.3. The molecule has 0 aliphatic heterocycles. The largest absolute Gasteiger partial charge is 0.325 e. The van der Waals surface area contributed by atoms with Gasteiger partial charge in [-0.15, -0.1) is 22.0 Å². The van der Waals surface area contributed by atoms with E-state index in [1.54, 1.807) is 18.0 Å². The van der Waals surface area contributed by atoms with Crippen molar-refractivity contribution >= 4 is 35.1 Å². The first kappa shape index (κ1) is 18.5. The van der Waals surface area contributed by atoms with Crippen molar-refractivity contribution in [2.45, 2.75) is 23.7 Å². The van der Waals surface area contributed by atoms with Gasteiger partial charge in [0, 0.05) is 24.0 Å². The SMILES string of the molecule is CCn1c(SCC(=O)Nc2ccccc2)nnc1-c1ccc(SC)nc1. The van der Waals surface area contributed by atoms with Crippen LogP contribution in [0.2, 0.25) is 0 Å². The van der Waals surface area contributed by atoms with Crippen molar-refractivity contribution in [1.82, 2.24) is 19.7 Å². The number of amides is 1. The summed E-state index contributed by atoms with van der Waals surface area (Å²) in [7, 11) is 0. The number of pyridine rings is 1. The van der Waals surface area contributed by atoms with E-state index in [-0.39, 0.29) is 11.7 Å². The van der Waals surface area contributed by atoms with Crippen molar-refractivity contribution in [3.63, 3.8) is 0 Å². The second-order valence-corrected chi connectivity index (χ2v) is 7.11. The molecule has 0 spiro atoms. The van der Waals surface area contributed by atoms with E-state index in [9.17, 15) is 4.79 Å². The van der Waals surface area contributed by atoms with E-state index in [0.717, 1.165) is 33.8 Å². The molecule has 2 heterocycles. The van der Waals surface area contributed by atoms with Gasteiger partial charge in [-0.25, -0.2) is 4.98 Å². The number of nitrogens with zero attached hydrogens (tertiary/aromatic N) is 4. The lowest BCUT2D eigenvalue weighted by Crippen LogP contribution is -2.14. The molecule has 1 N–H and O–H groups in total. The van der Waals surface area contributed by atoms with Crippen molar-refractivity contribution in [3.8, 4) is 11.4 Å². The Morgan fingerprint density at radius 1 is 1.15 bits per heavy atom. The normalized spacial score (nSPS) is 10.7. The first-order chi connectivity index (χ1) is 12.7. The molecule has 0 atom stereocenters. The molecule has 2 aromatic heterocycles. The van der Waals surface area contributed by atoms with Crippen LogP contribution in [0.25, 0.3) is 11.4 Å². The van der Waals surface area contributed by atoms with Gasteiger partial charge in [0.1, 0.15) is 0 Å². The molecule has 0 saturated carbocycles. The monoisotopic (exact) mass is 385 g/mol. The highest BCUT2D eigenvalue weighted by atomic mass is 32.2. The molecule has 0 unspecified atom stereocenters. The van der Waals surface area contributed by atoms with E-state index >= 15 is 0 Å². The van der Waals surface area contributed by atoms with E-state index in [1.165, 1.54) is 11.8 Å². The van der Waals surface area contributed by atoms with Crippen molar-refractivity contribution in [1.29, 1.82) is 0 Å². The summed E-state index contributed by atoms with van der Waals surface area (Å²) in [6.07, 6.45) is 3.80. The van der Waals surface area contributed by atoms with Gasteiger partial charge in [0.2, 0.25) is 5.91 Å². The fourth-order valence-electron chi connectivity index (χ4n) is 2.38. The minimum Gasteiger partial charge on any atom is -0.325 e. The van der Waals surface area contributed by atoms with Crippen LogP contribution < -0.4 is 5.32 Å². The molecular weight excluding hydrogens is 366 g/mol. The average molecular weight is 386 g/mol. The van der Waals surface area contributed by atoms with E-state index in [0.29, 0.717) is 0 Å². The maximum absolute atomic E-state index is 12.1. The third kappa shape index (κ3) is 4.44. The van der Waals surface area contributed by atoms with Gasteiger partial charge in [-0.05, 0) is 37.4 Å². The molecule has 0 fully saturated rings. The smallest absolute Gasteiger partial charge is 0.234 e. The first-order valence-electron chi connectivity index (χ1n) is 8.12. The molecular formula is C18H19N5OS2. The summed E-state index contributed by atoms with van der Waals surface area (Å²) in [5, 5.41) is 13.1. The predicted molar refractivity (Wildman–Crippen MR) is 107 cm³/mol. The Hall–Kier alpha value is -2.32. The third-order valence-electron chi connectivity index (χ3n) is 3.63. The summed E-state index contributed by atoms with van der Waals surface area (Å²) in [4.78, 5) is 16.5. The molecule has 0 radical (unpaired) electrons. The number of hydrogen-bond acceptors (Lipinski definition) is 6. The Bertz CT molecular complexity index is 865. The minimum atomic E-state index is -0.0700. The maximum Gasteiger partial charge on any atom is 0.234 e. The molecule has 0 aliphatic carbocycles. The van der Waals surface area contributed by atoms with Crippen LogP contribution in [0.5, 0.6) is 0 Å². The zero-order chi connectivity index (χ0) is 18.4. The number of rotatable bonds is 7. The fraction of sp³-hybridized carbons (Fsp3) is 0.222. The number of aromatic nitrogens is 4. The van der Waals surface area contributed by atoms with Crippen LogP contribution in [0.3, 0.4) is 0 Å². The number of carbonyl (C=O) groups is 1. The summed E-state index contributed by atoms with van der Waals surface area (Å²) >= 11 is 2.97. The molecule has 26 heavy (non-hydrogen) atoms. The minimum absolute atomic E-state index is 0.0700. The van der Waals surface area contributed by atoms with Crippen LogP contribution in [0.4, 0.5) is 5.69 Å². The van der Waals surface area contributed by atoms with E-state index < -0.39 is 0 Å². The predicted octanol–water partition coefficient (Wildman–Crippen LogP) is 3.81. The van der Waals surface area contributed by atoms with Gasteiger partial charge in [-0.1, -0.05) is 30.0 Å². The van der Waals surface area contributed by atoms with Gasteiger partial charge < -0.3 is 9.88 Å². The van der Waals surface area contributed by atoms with Gasteiger partial charge in [0.15, 0.2) is 11.0 Å². The Kier molecular flexibility index (Phi) is 6.30. The second-order valence-electron chi connectivity index (χ2n) is 5.34. The molecule has 0 aliphatic rings. The summed E-state index contributed by atoms with van der Waals surface area (Å²) in [6, 6.07) is 13.4. The highest BCUT2D eigenvalue weighted by Crippen LogP contribution is 2.24. The van der Waals surface area contributed by atoms with E-state index in [2.05, 4.69) is 20.5 Å². The van der Waals surface area contributed by atoms with Crippen LogP contribution >= 0.6 is 23.5 Å². The summed E-state index contributed by atoms with van der Waals surface area (Å²) < 4.78 is 2.00. The van der Waals surface area contributed by atoms with Gasteiger partial charge in [-0.2, -0.15) is 0 Å². The number of anilines is 1. The van der Waals surface area contributed by atoms with Crippen LogP contribution in [-0.4, -0.2) is 37.7 Å². The zero-order valence-corrected chi connectivity index (χ0v) is 16.2. The van der Waals surface area contributed by atoms with Crippen LogP contribution in [-0.2, 0) is 11.3 Å². The fourth-order valence-corrected chi connectivity index (χ4v) is 3.54. The van der Waals surface area contributed by atoms with Crippen molar-refractivity contribution in [3.05, 3.63) is 48.7 Å². The third-order valence-corrected chi connectivity index (χ3v) is 5.25. The Balaban J connectivity index is 1.68. The standard InChI is InChI=1S/C18H19N5OS2/c1-3-23-17(13-9-10-16(25-2)19-11-13)21-22-18(23)26-12-15(24)20-14-7-5-4-6-8-14/h4-11H,3,12H2,1-2H3,(H,20,24). The van der Waals surface area contributed by atoms with Crippen LogP contribution in [0.1, 0.15) is 6.92 Å². The van der Waals surface area contributed by atoms with E-state index in [1.807, 2.05) is 60.2 Å². The summed E-state index contributed by atoms with van der Waals surface area (Å²) in [5.41, 5.74) is 1.70. The Morgan fingerprint density at radius 2 is 1.96 bits per heavy atom. The lowest BCUT2D eigenvalue weighted by atomic mass is 10.3. The van der Waals surface area contributed by atoms with Gasteiger partial charge in [0.05, 0.1) is 10.8 Å². The van der Waals surface area contributed by atoms with Crippen LogP contribution in [0.15, 0.2) is 58.8 Å². The number of hydrogen-bond donors (Lipinski definition) is 1. The van der Waals surface area contributed by atoms with Gasteiger partial charge in [-0.3, -0.25) is 4.79 Å². The molecule has 0 saturated heterocycles. The maximum atomic E-state index is 12.1. The van der Waals surface area contributed by atoms with Crippen molar-refractivity contribution < 1.29 is 4.79 Å². The van der Waals surface area contributed by atoms with Crippen LogP contribution in [0, 0.1) is 0 Å². The lowest BCUT2D eigenvalue weighted by molar-refractivity contribution is -0.113. The highest BCUT2D eigenvalue weighted by Gasteiger charge is 2.15.